The molecule has 0 radical (unpaired) electrons. The number of imide groups is 1. The molecule has 0 bridgehead atoms. The van der Waals surface area contributed by atoms with Crippen molar-refractivity contribution >= 4 is 11.8 Å². The van der Waals surface area contributed by atoms with Crippen molar-refractivity contribution in [1.82, 2.24) is 4.90 Å². The minimum atomic E-state index is -1.15. The average Bonchev–Trinajstić information content (AvgIpc) is 2.52. The minimum absolute atomic E-state index is 0.380. The Labute approximate surface area is 116 Å². The molecule has 1 fully saturated rings. The summed E-state index contributed by atoms with van der Waals surface area (Å²) >= 11 is 0. The van der Waals surface area contributed by atoms with Crippen LogP contribution in [0.4, 0.5) is 0 Å². The number of aliphatic hydroxyl groups excluding tert-OH is 1. The lowest BCUT2D eigenvalue weighted by Gasteiger charge is -2.43. The van der Waals surface area contributed by atoms with E-state index in [0.717, 1.165) is 10.5 Å². The van der Waals surface area contributed by atoms with Crippen molar-refractivity contribution in [2.75, 3.05) is 0 Å². The van der Waals surface area contributed by atoms with Gasteiger partial charge in [-0.2, -0.15) is 0 Å². The van der Waals surface area contributed by atoms with Crippen molar-refractivity contribution in [3.63, 3.8) is 0 Å². The van der Waals surface area contributed by atoms with Crippen LogP contribution >= 0.6 is 0 Å². The van der Waals surface area contributed by atoms with E-state index in [-0.39, 0.29) is 5.91 Å². The zero-order valence-electron chi connectivity index (χ0n) is 10.6. The zero-order valence-corrected chi connectivity index (χ0v) is 10.6. The highest BCUT2D eigenvalue weighted by Crippen LogP contribution is 2.35. The van der Waals surface area contributed by atoms with Crippen molar-refractivity contribution in [3.8, 4) is 0 Å². The fourth-order valence-corrected chi connectivity index (χ4v) is 2.40. The molecule has 0 aliphatic carbocycles. The number of nitrogens with zero attached hydrogens (tertiary/aromatic N) is 1. The Bertz CT molecular complexity index is 639. The van der Waals surface area contributed by atoms with E-state index in [9.17, 15) is 14.7 Å². The van der Waals surface area contributed by atoms with Crippen LogP contribution in [0.1, 0.15) is 22.0 Å². The van der Waals surface area contributed by atoms with Crippen molar-refractivity contribution < 1.29 is 14.7 Å². The second-order valence-electron chi connectivity index (χ2n) is 4.68. The van der Waals surface area contributed by atoms with Gasteiger partial charge in [-0.25, -0.2) is 0 Å². The Morgan fingerprint density at radius 2 is 1.50 bits per heavy atom. The standard InChI is InChI=1S/C16H13NO3/c18-14-13(11-7-3-1-4-8-11)17(16(14)20)15(19)12-9-5-2-6-10-12/h1-10,13-14,18H. The van der Waals surface area contributed by atoms with Gasteiger partial charge < -0.3 is 5.11 Å². The lowest BCUT2D eigenvalue weighted by Crippen LogP contribution is -2.60. The van der Waals surface area contributed by atoms with E-state index >= 15 is 0 Å². The monoisotopic (exact) mass is 267 g/mol. The minimum Gasteiger partial charge on any atom is -0.381 e. The summed E-state index contributed by atoms with van der Waals surface area (Å²) in [7, 11) is 0. The molecule has 1 saturated heterocycles. The second-order valence-corrected chi connectivity index (χ2v) is 4.68. The van der Waals surface area contributed by atoms with Gasteiger partial charge in [0.1, 0.15) is 6.04 Å². The number of benzene rings is 2. The molecular weight excluding hydrogens is 254 g/mol. The molecule has 4 heteroatoms. The third-order valence-electron chi connectivity index (χ3n) is 3.45. The summed E-state index contributed by atoms with van der Waals surface area (Å²) in [6.45, 7) is 0. The van der Waals surface area contributed by atoms with Crippen LogP contribution in [-0.4, -0.2) is 27.9 Å². The predicted molar refractivity (Wildman–Crippen MR) is 72.8 cm³/mol. The molecule has 100 valence electrons. The number of rotatable bonds is 2. The first-order valence-corrected chi connectivity index (χ1v) is 6.35. The van der Waals surface area contributed by atoms with Gasteiger partial charge in [0.2, 0.25) is 0 Å². The Morgan fingerprint density at radius 3 is 2.10 bits per heavy atom. The van der Waals surface area contributed by atoms with Crippen LogP contribution in [0.5, 0.6) is 0 Å². The molecular formula is C16H13NO3. The van der Waals surface area contributed by atoms with E-state index in [4.69, 9.17) is 0 Å². The number of amides is 2. The Kier molecular flexibility index (Phi) is 3.08. The third kappa shape index (κ3) is 1.90. The van der Waals surface area contributed by atoms with E-state index in [1.807, 2.05) is 18.2 Å². The highest BCUT2D eigenvalue weighted by atomic mass is 16.3. The van der Waals surface area contributed by atoms with Gasteiger partial charge >= 0.3 is 0 Å². The lowest BCUT2D eigenvalue weighted by molar-refractivity contribution is -0.160. The van der Waals surface area contributed by atoms with E-state index in [2.05, 4.69) is 0 Å². The first-order valence-electron chi connectivity index (χ1n) is 6.35. The summed E-state index contributed by atoms with van der Waals surface area (Å²) in [6, 6.07) is 17.1. The molecule has 2 aromatic carbocycles. The summed E-state index contributed by atoms with van der Waals surface area (Å²) in [5.74, 6) is -0.928. The topological polar surface area (TPSA) is 57.6 Å². The van der Waals surface area contributed by atoms with Crippen LogP contribution in [0.25, 0.3) is 0 Å². The zero-order chi connectivity index (χ0) is 14.1. The summed E-state index contributed by atoms with van der Waals surface area (Å²) < 4.78 is 0. The molecule has 1 aliphatic rings. The van der Waals surface area contributed by atoms with Crippen LogP contribution in [0.3, 0.4) is 0 Å². The normalized spacial score (nSPS) is 21.4. The van der Waals surface area contributed by atoms with Crippen molar-refractivity contribution in [1.29, 1.82) is 0 Å². The first kappa shape index (κ1) is 12.6. The van der Waals surface area contributed by atoms with Gasteiger partial charge in [0.25, 0.3) is 11.8 Å². The van der Waals surface area contributed by atoms with Crippen LogP contribution in [0.15, 0.2) is 60.7 Å². The lowest BCUT2D eigenvalue weighted by atomic mass is 9.90. The van der Waals surface area contributed by atoms with Crippen molar-refractivity contribution in [2.24, 2.45) is 0 Å². The van der Waals surface area contributed by atoms with E-state index < -0.39 is 18.1 Å². The number of carbonyl (C=O) groups excluding carboxylic acids is 2. The molecule has 3 rings (SSSR count). The molecule has 1 N–H and O–H groups in total. The number of carbonyl (C=O) groups is 2. The molecule has 4 nitrogen and oxygen atoms in total. The summed E-state index contributed by atoms with van der Waals surface area (Å²) in [5, 5.41) is 9.85. The van der Waals surface area contributed by atoms with Gasteiger partial charge in [-0.05, 0) is 17.7 Å². The highest BCUT2D eigenvalue weighted by molar-refractivity contribution is 6.10. The maximum atomic E-state index is 12.4. The number of hydrogen-bond donors (Lipinski definition) is 1. The Morgan fingerprint density at radius 1 is 0.950 bits per heavy atom. The third-order valence-corrected chi connectivity index (χ3v) is 3.45. The molecule has 1 aliphatic heterocycles. The largest absolute Gasteiger partial charge is 0.381 e. The van der Waals surface area contributed by atoms with Crippen molar-refractivity contribution in [3.05, 3.63) is 71.8 Å². The molecule has 2 aromatic rings. The molecule has 1 heterocycles. The van der Waals surface area contributed by atoms with Gasteiger partial charge in [0.05, 0.1) is 0 Å². The predicted octanol–water partition coefficient (Wildman–Crippen LogP) is 1.77. The molecule has 0 saturated carbocycles. The molecule has 0 spiro atoms. The molecule has 0 aromatic heterocycles. The van der Waals surface area contributed by atoms with Crippen LogP contribution < -0.4 is 0 Å². The maximum Gasteiger partial charge on any atom is 0.261 e. The van der Waals surface area contributed by atoms with E-state index in [0.29, 0.717) is 5.56 Å². The van der Waals surface area contributed by atoms with Crippen LogP contribution in [0, 0.1) is 0 Å². The molecule has 2 atom stereocenters. The van der Waals surface area contributed by atoms with Gasteiger partial charge in [0, 0.05) is 5.56 Å². The fraction of sp³-hybridized carbons (Fsp3) is 0.125. The highest BCUT2D eigenvalue weighted by Gasteiger charge is 2.50. The summed E-state index contributed by atoms with van der Waals surface area (Å²) in [4.78, 5) is 25.3. The number of aliphatic hydroxyl groups is 1. The Balaban J connectivity index is 1.92. The van der Waals surface area contributed by atoms with E-state index in [1.54, 1.807) is 42.5 Å². The van der Waals surface area contributed by atoms with Crippen molar-refractivity contribution in [2.45, 2.75) is 12.1 Å². The molecule has 20 heavy (non-hydrogen) atoms. The average molecular weight is 267 g/mol. The molecule has 2 amide bonds. The van der Waals surface area contributed by atoms with Gasteiger partial charge in [-0.15, -0.1) is 0 Å². The number of hydrogen-bond acceptors (Lipinski definition) is 3. The second kappa shape index (κ2) is 4.90. The summed E-state index contributed by atoms with van der Waals surface area (Å²) in [6.07, 6.45) is -1.15. The summed E-state index contributed by atoms with van der Waals surface area (Å²) in [5.41, 5.74) is 1.19. The van der Waals surface area contributed by atoms with E-state index in [1.165, 1.54) is 0 Å². The maximum absolute atomic E-state index is 12.4. The molecule has 2 unspecified atom stereocenters. The van der Waals surface area contributed by atoms with Gasteiger partial charge in [0.15, 0.2) is 6.10 Å². The SMILES string of the molecule is O=C(c1ccccc1)N1C(=O)C(O)C1c1ccccc1. The van der Waals surface area contributed by atoms with Crippen LogP contribution in [-0.2, 0) is 4.79 Å². The van der Waals surface area contributed by atoms with Crippen LogP contribution in [0.2, 0.25) is 0 Å². The number of β-lactam (4-membered cyclic amide) rings is 1. The first-order chi connectivity index (χ1) is 9.70. The van der Waals surface area contributed by atoms with Gasteiger partial charge in [-0.1, -0.05) is 48.5 Å². The smallest absolute Gasteiger partial charge is 0.261 e. The fourth-order valence-electron chi connectivity index (χ4n) is 2.40. The Hall–Kier alpha value is -2.46. The number of likely N-dealkylation sites (tertiary alicyclic amines) is 1. The quantitative estimate of drug-likeness (QED) is 0.666. The van der Waals surface area contributed by atoms with Gasteiger partial charge in [-0.3, -0.25) is 14.5 Å².